The molecule has 0 aliphatic carbocycles. The lowest BCUT2D eigenvalue weighted by atomic mass is 9.80. The summed E-state index contributed by atoms with van der Waals surface area (Å²) in [5, 5.41) is 2.25. The molecule has 2 rings (SSSR count). The van der Waals surface area contributed by atoms with Gasteiger partial charge in [0, 0.05) is 11.0 Å². The van der Waals surface area contributed by atoms with Crippen LogP contribution in [0.15, 0.2) is 12.1 Å². The summed E-state index contributed by atoms with van der Waals surface area (Å²) in [5.41, 5.74) is -0.871. The largest absolute Gasteiger partial charge is 0.449 e. The van der Waals surface area contributed by atoms with E-state index in [-0.39, 0.29) is 17.2 Å². The van der Waals surface area contributed by atoms with Crippen LogP contribution >= 0.6 is 11.6 Å². The topological polar surface area (TPSA) is 38.3 Å². The molecule has 3 nitrogen and oxygen atoms in total. The summed E-state index contributed by atoms with van der Waals surface area (Å²) in [6.07, 6.45) is -0.696. The first-order valence-corrected chi connectivity index (χ1v) is 5.77. The molecule has 1 aliphatic rings. The van der Waals surface area contributed by atoms with Gasteiger partial charge in [0.05, 0.1) is 11.1 Å². The molecule has 1 aliphatic heterocycles. The quantitative estimate of drug-likeness (QED) is 0.798. The van der Waals surface area contributed by atoms with Gasteiger partial charge in [-0.25, -0.2) is 13.6 Å². The van der Waals surface area contributed by atoms with Crippen LogP contribution in [0.25, 0.3) is 0 Å². The number of carbonyl (C=O) groups excluding carboxylic acids is 1. The molecule has 6 heteroatoms. The predicted octanol–water partition coefficient (Wildman–Crippen LogP) is 3.43. The minimum absolute atomic E-state index is 0.0783. The Hall–Kier alpha value is -1.36. The molecule has 18 heavy (non-hydrogen) atoms. The lowest BCUT2D eigenvalue weighted by Crippen LogP contribution is -2.47. The minimum atomic E-state index is -0.850. The molecule has 0 saturated carbocycles. The summed E-state index contributed by atoms with van der Waals surface area (Å²) in [6.45, 7) is 3.57. The number of hydrogen-bond acceptors (Lipinski definition) is 2. The Morgan fingerprint density at radius 3 is 2.78 bits per heavy atom. The van der Waals surface area contributed by atoms with Gasteiger partial charge >= 0.3 is 6.09 Å². The summed E-state index contributed by atoms with van der Waals surface area (Å²) in [5.74, 6) is -1.59. The molecular weight excluding hydrogens is 264 g/mol. The fraction of sp³-hybridized carbons (Fsp3) is 0.417. The number of carbonyl (C=O) groups is 1. The summed E-state index contributed by atoms with van der Waals surface area (Å²) < 4.78 is 32.6. The second-order valence-corrected chi connectivity index (χ2v) is 5.31. The molecule has 1 fully saturated rings. The Balaban J connectivity index is 2.52. The average Bonchev–Trinajstić information content (AvgIpc) is 2.29. The maximum atomic E-state index is 14.0. The van der Waals surface area contributed by atoms with Crippen LogP contribution in [0.4, 0.5) is 13.6 Å². The standard InChI is InChI=1S/C12H12ClF2NO2/c1-12(2)5-18-11(17)16-10(12)8-7(14)4-3-6(13)9(8)15/h3-4,10H,5H2,1-2H3,(H,16,17)/t10-/m1/s1. The molecule has 1 atom stereocenters. The van der Waals surface area contributed by atoms with Crippen LogP contribution < -0.4 is 5.32 Å². The Morgan fingerprint density at radius 2 is 2.11 bits per heavy atom. The Bertz CT molecular complexity index is 505. The molecule has 1 aromatic carbocycles. The highest BCUT2D eigenvalue weighted by atomic mass is 35.5. The number of nitrogens with one attached hydrogen (secondary N) is 1. The van der Waals surface area contributed by atoms with E-state index in [1.165, 1.54) is 0 Å². The first-order chi connectivity index (χ1) is 8.33. The zero-order chi connectivity index (χ0) is 13.5. The van der Waals surface area contributed by atoms with Gasteiger partial charge in [0.25, 0.3) is 0 Å². The molecule has 98 valence electrons. The SMILES string of the molecule is CC1(C)COC(=O)N[C@@H]1c1c(F)ccc(Cl)c1F. The van der Waals surface area contributed by atoms with Crippen molar-refractivity contribution in [2.45, 2.75) is 19.9 Å². The lowest BCUT2D eigenvalue weighted by Gasteiger charge is -2.38. The van der Waals surface area contributed by atoms with Crippen LogP contribution in [-0.4, -0.2) is 12.7 Å². The molecule has 0 radical (unpaired) electrons. The highest BCUT2D eigenvalue weighted by molar-refractivity contribution is 6.30. The van der Waals surface area contributed by atoms with Crippen molar-refractivity contribution in [3.05, 3.63) is 34.4 Å². The summed E-state index contributed by atoms with van der Waals surface area (Å²) >= 11 is 5.65. The van der Waals surface area contributed by atoms with Crippen molar-refractivity contribution < 1.29 is 18.3 Å². The van der Waals surface area contributed by atoms with Gasteiger partial charge in [0.2, 0.25) is 0 Å². The molecule has 0 aromatic heterocycles. The van der Waals surface area contributed by atoms with E-state index in [1.807, 2.05) is 0 Å². The highest BCUT2D eigenvalue weighted by Gasteiger charge is 2.41. The molecule has 1 N–H and O–H groups in total. The van der Waals surface area contributed by atoms with Crippen molar-refractivity contribution in [1.82, 2.24) is 5.32 Å². The third kappa shape index (κ3) is 2.14. The Kier molecular flexibility index (Phi) is 3.19. The van der Waals surface area contributed by atoms with Crippen LogP contribution in [0, 0.1) is 17.0 Å². The van der Waals surface area contributed by atoms with Crippen LogP contribution in [0.2, 0.25) is 5.02 Å². The molecule has 1 aromatic rings. The van der Waals surface area contributed by atoms with E-state index < -0.39 is 29.2 Å². The van der Waals surface area contributed by atoms with Crippen molar-refractivity contribution >= 4 is 17.7 Å². The summed E-state index contributed by atoms with van der Waals surface area (Å²) in [4.78, 5) is 11.2. The molecule has 1 saturated heterocycles. The Labute approximate surface area is 108 Å². The van der Waals surface area contributed by atoms with E-state index in [1.54, 1.807) is 13.8 Å². The van der Waals surface area contributed by atoms with E-state index in [0.717, 1.165) is 12.1 Å². The van der Waals surface area contributed by atoms with E-state index >= 15 is 0 Å². The number of hydrogen-bond donors (Lipinski definition) is 1. The third-order valence-electron chi connectivity index (χ3n) is 2.99. The van der Waals surface area contributed by atoms with Crippen LogP contribution in [0.3, 0.4) is 0 Å². The summed E-state index contributed by atoms with van der Waals surface area (Å²) in [7, 11) is 0. The fourth-order valence-electron chi connectivity index (χ4n) is 1.96. The van der Waals surface area contributed by atoms with Gasteiger partial charge < -0.3 is 10.1 Å². The van der Waals surface area contributed by atoms with E-state index in [4.69, 9.17) is 16.3 Å². The fourth-order valence-corrected chi connectivity index (χ4v) is 2.12. The molecular formula is C12H12ClF2NO2. The highest BCUT2D eigenvalue weighted by Crippen LogP contribution is 2.39. The van der Waals surface area contributed by atoms with Crippen molar-refractivity contribution in [2.75, 3.05) is 6.61 Å². The van der Waals surface area contributed by atoms with Crippen molar-refractivity contribution in [3.8, 4) is 0 Å². The molecule has 1 heterocycles. The van der Waals surface area contributed by atoms with Gasteiger partial charge in [-0.05, 0) is 12.1 Å². The second-order valence-electron chi connectivity index (χ2n) is 4.90. The van der Waals surface area contributed by atoms with Gasteiger partial charge in [0.1, 0.15) is 18.2 Å². The first kappa shape index (κ1) is 13.1. The molecule has 0 bridgehead atoms. The maximum Gasteiger partial charge on any atom is 0.407 e. The number of benzene rings is 1. The minimum Gasteiger partial charge on any atom is -0.449 e. The van der Waals surface area contributed by atoms with Crippen LogP contribution in [0.5, 0.6) is 0 Å². The molecule has 1 amide bonds. The van der Waals surface area contributed by atoms with Gasteiger partial charge in [-0.2, -0.15) is 0 Å². The number of amides is 1. The Morgan fingerprint density at radius 1 is 1.44 bits per heavy atom. The van der Waals surface area contributed by atoms with Gasteiger partial charge in [-0.3, -0.25) is 0 Å². The number of halogens is 3. The number of rotatable bonds is 1. The van der Waals surface area contributed by atoms with Crippen LogP contribution in [-0.2, 0) is 4.74 Å². The maximum absolute atomic E-state index is 14.0. The normalized spacial score (nSPS) is 22.3. The van der Waals surface area contributed by atoms with Gasteiger partial charge in [-0.15, -0.1) is 0 Å². The second kappa shape index (κ2) is 4.39. The number of alkyl carbamates (subject to hydrolysis) is 1. The smallest absolute Gasteiger partial charge is 0.407 e. The van der Waals surface area contributed by atoms with Crippen LogP contribution in [0.1, 0.15) is 25.5 Å². The number of ether oxygens (including phenoxy) is 1. The summed E-state index contributed by atoms with van der Waals surface area (Å²) in [6, 6.07) is 1.40. The average molecular weight is 276 g/mol. The lowest BCUT2D eigenvalue weighted by molar-refractivity contribution is 0.0367. The molecule has 0 unspecified atom stereocenters. The predicted molar refractivity (Wildman–Crippen MR) is 62.4 cm³/mol. The van der Waals surface area contributed by atoms with E-state index in [9.17, 15) is 13.6 Å². The third-order valence-corrected chi connectivity index (χ3v) is 3.28. The van der Waals surface area contributed by atoms with Crippen molar-refractivity contribution in [2.24, 2.45) is 5.41 Å². The zero-order valence-corrected chi connectivity index (χ0v) is 10.6. The first-order valence-electron chi connectivity index (χ1n) is 5.39. The molecule has 0 spiro atoms. The van der Waals surface area contributed by atoms with Gasteiger partial charge in [-0.1, -0.05) is 25.4 Å². The number of cyclic esters (lactones) is 1. The van der Waals surface area contributed by atoms with Crippen molar-refractivity contribution in [1.29, 1.82) is 0 Å². The van der Waals surface area contributed by atoms with E-state index in [2.05, 4.69) is 5.32 Å². The van der Waals surface area contributed by atoms with Crippen molar-refractivity contribution in [3.63, 3.8) is 0 Å². The zero-order valence-electron chi connectivity index (χ0n) is 9.89. The monoisotopic (exact) mass is 275 g/mol. The van der Waals surface area contributed by atoms with Gasteiger partial charge in [0.15, 0.2) is 0 Å². The van der Waals surface area contributed by atoms with E-state index in [0.29, 0.717) is 0 Å².